The third-order valence-corrected chi connectivity index (χ3v) is 5.25. The maximum Gasteiger partial charge on any atom is 0.212 e. The third kappa shape index (κ3) is 2.12. The number of hydrogen-bond donors (Lipinski definition) is 0. The summed E-state index contributed by atoms with van der Waals surface area (Å²) >= 11 is 0. The topological polar surface area (TPSA) is 64.3 Å². The molecule has 0 atom stereocenters. The Hall–Kier alpha value is -2.21. The average molecular weight is 301 g/mol. The highest BCUT2D eigenvalue weighted by Gasteiger charge is 2.27. The maximum atomic E-state index is 12.9. The first-order valence-corrected chi connectivity index (χ1v) is 8.03. The zero-order chi connectivity index (χ0) is 15.2. The van der Waals surface area contributed by atoms with Crippen LogP contribution < -0.4 is 0 Å². The Kier molecular flexibility index (Phi) is 3.06. The summed E-state index contributed by atoms with van der Waals surface area (Å²) in [5.41, 5.74) is 2.47. The Bertz CT molecular complexity index is 928. The first-order valence-electron chi connectivity index (χ1n) is 6.55. The van der Waals surface area contributed by atoms with E-state index in [0.717, 1.165) is 11.4 Å². The minimum atomic E-state index is -3.63. The minimum absolute atomic E-state index is 0.181. The molecule has 5 nitrogen and oxygen atoms in total. The van der Waals surface area contributed by atoms with Crippen molar-refractivity contribution < 1.29 is 8.42 Å². The molecule has 3 rings (SSSR count). The molecule has 0 aliphatic rings. The van der Waals surface area contributed by atoms with Crippen molar-refractivity contribution in [2.24, 2.45) is 0 Å². The molecule has 0 spiro atoms. The summed E-state index contributed by atoms with van der Waals surface area (Å²) in [5, 5.41) is 4.32. The minimum Gasteiger partial charge on any atom is -0.233 e. The van der Waals surface area contributed by atoms with E-state index in [2.05, 4.69) is 10.1 Å². The lowest BCUT2D eigenvalue weighted by molar-refractivity contribution is 0.596. The van der Waals surface area contributed by atoms with Gasteiger partial charge in [0.15, 0.2) is 5.65 Å². The van der Waals surface area contributed by atoms with Crippen molar-refractivity contribution >= 4 is 15.5 Å². The van der Waals surface area contributed by atoms with E-state index < -0.39 is 9.84 Å². The number of hydrogen-bond acceptors (Lipinski definition) is 4. The standard InChI is InChI=1S/C15H15N3O2S/c1-10-9-11(2)18-15(16-10)14(12(3)17-18)21(19,20)13-7-5-4-6-8-13/h4-9H,1-3H3. The van der Waals surface area contributed by atoms with E-state index in [1.165, 1.54) is 0 Å². The molecule has 0 saturated carbocycles. The molecular weight excluding hydrogens is 286 g/mol. The molecule has 0 bridgehead atoms. The predicted octanol–water partition coefficient (Wildman–Crippen LogP) is 2.49. The smallest absolute Gasteiger partial charge is 0.212 e. The molecule has 0 amide bonds. The molecule has 2 heterocycles. The number of rotatable bonds is 2. The first kappa shape index (κ1) is 13.8. The Morgan fingerprint density at radius 1 is 1.05 bits per heavy atom. The van der Waals surface area contributed by atoms with E-state index in [1.807, 2.05) is 19.9 Å². The Labute approximate surface area is 123 Å². The summed E-state index contributed by atoms with van der Waals surface area (Å²) in [4.78, 5) is 4.81. The Morgan fingerprint density at radius 2 is 1.71 bits per heavy atom. The van der Waals surface area contributed by atoms with Crippen LogP contribution in [0.3, 0.4) is 0 Å². The van der Waals surface area contributed by atoms with Gasteiger partial charge in [-0.3, -0.25) is 0 Å². The number of sulfone groups is 1. The molecule has 0 aliphatic carbocycles. The van der Waals surface area contributed by atoms with Gasteiger partial charge in [-0.1, -0.05) is 18.2 Å². The van der Waals surface area contributed by atoms with Crippen LogP contribution in [0, 0.1) is 20.8 Å². The highest BCUT2D eigenvalue weighted by molar-refractivity contribution is 7.91. The number of benzene rings is 1. The van der Waals surface area contributed by atoms with E-state index in [4.69, 9.17) is 0 Å². The molecule has 108 valence electrons. The third-order valence-electron chi connectivity index (χ3n) is 3.34. The quantitative estimate of drug-likeness (QED) is 0.729. The van der Waals surface area contributed by atoms with Crippen LogP contribution in [0.2, 0.25) is 0 Å². The number of aryl methyl sites for hydroxylation is 3. The molecule has 0 unspecified atom stereocenters. The van der Waals surface area contributed by atoms with Crippen molar-refractivity contribution in [1.29, 1.82) is 0 Å². The zero-order valence-electron chi connectivity index (χ0n) is 12.0. The van der Waals surface area contributed by atoms with Crippen molar-refractivity contribution in [3.05, 3.63) is 53.5 Å². The summed E-state index contributed by atoms with van der Waals surface area (Å²) in [6, 6.07) is 10.2. The summed E-state index contributed by atoms with van der Waals surface area (Å²) < 4.78 is 27.3. The van der Waals surface area contributed by atoms with Gasteiger partial charge in [-0.05, 0) is 39.0 Å². The Balaban J connectivity index is 2.38. The number of fused-ring (bicyclic) bond motifs is 1. The van der Waals surface area contributed by atoms with Crippen LogP contribution in [0.1, 0.15) is 17.1 Å². The van der Waals surface area contributed by atoms with Gasteiger partial charge in [0.25, 0.3) is 0 Å². The van der Waals surface area contributed by atoms with E-state index in [9.17, 15) is 8.42 Å². The molecule has 1 aromatic carbocycles. The molecule has 0 N–H and O–H groups in total. The highest BCUT2D eigenvalue weighted by atomic mass is 32.2. The summed E-state index contributed by atoms with van der Waals surface area (Å²) in [7, 11) is -3.63. The molecule has 2 aromatic heterocycles. The molecule has 0 aliphatic heterocycles. The second-order valence-corrected chi connectivity index (χ2v) is 6.89. The normalized spacial score (nSPS) is 12.0. The second-order valence-electron chi connectivity index (χ2n) is 5.01. The average Bonchev–Trinajstić information content (AvgIpc) is 2.77. The highest BCUT2D eigenvalue weighted by Crippen LogP contribution is 2.27. The van der Waals surface area contributed by atoms with Gasteiger partial charge in [0.1, 0.15) is 4.90 Å². The lowest BCUT2D eigenvalue weighted by Gasteiger charge is -2.04. The van der Waals surface area contributed by atoms with Crippen LogP contribution in [0.25, 0.3) is 5.65 Å². The van der Waals surface area contributed by atoms with Crippen molar-refractivity contribution in [2.75, 3.05) is 0 Å². The van der Waals surface area contributed by atoms with Crippen LogP contribution in [0.5, 0.6) is 0 Å². The largest absolute Gasteiger partial charge is 0.233 e. The van der Waals surface area contributed by atoms with Gasteiger partial charge in [-0.2, -0.15) is 5.10 Å². The van der Waals surface area contributed by atoms with E-state index in [1.54, 1.807) is 41.8 Å². The number of nitrogens with zero attached hydrogens (tertiary/aromatic N) is 3. The van der Waals surface area contributed by atoms with Crippen molar-refractivity contribution in [2.45, 2.75) is 30.6 Å². The van der Waals surface area contributed by atoms with E-state index in [-0.39, 0.29) is 9.79 Å². The lowest BCUT2D eigenvalue weighted by atomic mass is 10.3. The van der Waals surface area contributed by atoms with Gasteiger partial charge in [-0.15, -0.1) is 0 Å². The molecular formula is C15H15N3O2S. The van der Waals surface area contributed by atoms with Crippen LogP contribution >= 0.6 is 0 Å². The first-order chi connectivity index (χ1) is 9.91. The number of aromatic nitrogens is 3. The molecule has 0 fully saturated rings. The van der Waals surface area contributed by atoms with Gasteiger partial charge in [-0.25, -0.2) is 17.9 Å². The van der Waals surface area contributed by atoms with Gasteiger partial charge < -0.3 is 0 Å². The lowest BCUT2D eigenvalue weighted by Crippen LogP contribution is -2.05. The fourth-order valence-electron chi connectivity index (χ4n) is 2.44. The van der Waals surface area contributed by atoms with Crippen molar-refractivity contribution in [1.82, 2.24) is 14.6 Å². The fourth-order valence-corrected chi connectivity index (χ4v) is 3.99. The van der Waals surface area contributed by atoms with Gasteiger partial charge in [0.2, 0.25) is 9.84 Å². The summed E-state index contributed by atoms with van der Waals surface area (Å²) in [6.07, 6.45) is 0. The van der Waals surface area contributed by atoms with Crippen molar-refractivity contribution in [3.63, 3.8) is 0 Å². The van der Waals surface area contributed by atoms with E-state index >= 15 is 0 Å². The van der Waals surface area contributed by atoms with Crippen LogP contribution in [-0.4, -0.2) is 23.0 Å². The Morgan fingerprint density at radius 3 is 2.38 bits per heavy atom. The zero-order valence-corrected chi connectivity index (χ0v) is 12.8. The fraction of sp³-hybridized carbons (Fsp3) is 0.200. The van der Waals surface area contributed by atoms with Gasteiger partial charge in [0.05, 0.1) is 10.6 Å². The van der Waals surface area contributed by atoms with Crippen LogP contribution in [0.15, 0.2) is 46.2 Å². The monoisotopic (exact) mass is 301 g/mol. The molecule has 0 radical (unpaired) electrons. The molecule has 6 heteroatoms. The van der Waals surface area contributed by atoms with E-state index in [0.29, 0.717) is 11.3 Å². The molecule has 3 aromatic rings. The molecule has 21 heavy (non-hydrogen) atoms. The predicted molar refractivity (Wildman–Crippen MR) is 79.1 cm³/mol. The summed E-state index contributed by atoms with van der Waals surface area (Å²) in [6.45, 7) is 5.42. The SMILES string of the molecule is Cc1cc(C)n2nc(C)c(S(=O)(=O)c3ccccc3)c2n1. The van der Waals surface area contributed by atoms with Crippen LogP contribution in [0.4, 0.5) is 0 Å². The summed E-state index contributed by atoms with van der Waals surface area (Å²) in [5.74, 6) is 0. The second kappa shape index (κ2) is 4.66. The van der Waals surface area contributed by atoms with Crippen LogP contribution in [-0.2, 0) is 9.84 Å². The maximum absolute atomic E-state index is 12.9. The van der Waals surface area contributed by atoms with Gasteiger partial charge >= 0.3 is 0 Å². The van der Waals surface area contributed by atoms with Gasteiger partial charge in [0, 0.05) is 11.4 Å². The van der Waals surface area contributed by atoms with Crippen molar-refractivity contribution in [3.8, 4) is 0 Å². The molecule has 0 saturated heterocycles.